The maximum Gasteiger partial charge on any atom is 0.249 e. The van der Waals surface area contributed by atoms with Crippen LogP contribution in [0.1, 0.15) is 27.7 Å². The Morgan fingerprint density at radius 3 is 2.69 bits per heavy atom. The maximum absolute atomic E-state index is 12.0. The lowest BCUT2D eigenvalue weighted by Gasteiger charge is -2.47. The Labute approximate surface area is 98.3 Å². The number of amides is 1. The molecule has 1 saturated heterocycles. The molecule has 1 fully saturated rings. The molecule has 0 radical (unpaired) electrons. The minimum atomic E-state index is -0.124. The van der Waals surface area contributed by atoms with Crippen molar-refractivity contribution >= 4 is 5.91 Å². The van der Waals surface area contributed by atoms with Gasteiger partial charge in [0.25, 0.3) is 0 Å². The number of hydrogen-bond acceptors (Lipinski definition) is 3. The zero-order valence-corrected chi connectivity index (χ0v) is 11.0. The molecule has 1 aliphatic rings. The molecule has 1 amide bonds. The number of nitrogens with one attached hydrogen (secondary N) is 1. The van der Waals surface area contributed by atoms with E-state index in [0.29, 0.717) is 12.0 Å². The number of rotatable bonds is 3. The monoisotopic (exact) mass is 228 g/mol. The van der Waals surface area contributed by atoms with E-state index in [1.807, 2.05) is 4.90 Å². The first kappa shape index (κ1) is 13.5. The number of hydrogen-bond donors (Lipinski definition) is 1. The van der Waals surface area contributed by atoms with Crippen LogP contribution in [0.3, 0.4) is 0 Å². The lowest BCUT2D eigenvalue weighted by molar-refractivity contribution is -0.143. The van der Waals surface area contributed by atoms with Crippen LogP contribution in [0, 0.1) is 5.92 Å². The third kappa shape index (κ3) is 2.95. The Balaban J connectivity index is 2.72. The first-order valence-corrected chi connectivity index (χ1v) is 5.91. The quantitative estimate of drug-likeness (QED) is 0.779. The first-order chi connectivity index (χ1) is 7.38. The van der Waals surface area contributed by atoms with Gasteiger partial charge in [-0.25, -0.2) is 0 Å². The molecule has 1 aliphatic heterocycles. The molecule has 4 nitrogen and oxygen atoms in total. The predicted octanol–water partition coefficient (Wildman–Crippen LogP) is 0.868. The van der Waals surface area contributed by atoms with E-state index >= 15 is 0 Å². The topological polar surface area (TPSA) is 41.6 Å². The summed E-state index contributed by atoms with van der Waals surface area (Å²) in [5, 5.41) is 3.50. The third-order valence-corrected chi connectivity index (χ3v) is 3.28. The van der Waals surface area contributed by atoms with Crippen molar-refractivity contribution in [3.05, 3.63) is 0 Å². The Kier molecular flexibility index (Phi) is 4.33. The summed E-state index contributed by atoms with van der Waals surface area (Å²) in [6.45, 7) is 10.3. The van der Waals surface area contributed by atoms with Crippen LogP contribution in [0.25, 0.3) is 0 Å². The number of carbonyl (C=O) groups excluding carboxylic acids is 1. The molecule has 1 unspecified atom stereocenters. The number of carbonyl (C=O) groups is 1. The number of methoxy groups -OCH3 is 1. The Hall–Kier alpha value is -0.610. The van der Waals surface area contributed by atoms with Gasteiger partial charge in [-0.3, -0.25) is 4.79 Å². The highest BCUT2D eigenvalue weighted by Crippen LogP contribution is 2.21. The van der Waals surface area contributed by atoms with Crippen LogP contribution >= 0.6 is 0 Å². The van der Waals surface area contributed by atoms with Gasteiger partial charge in [-0.15, -0.1) is 0 Å². The summed E-state index contributed by atoms with van der Waals surface area (Å²) in [6.07, 6.45) is 0. The Bertz CT molecular complexity index is 251. The van der Waals surface area contributed by atoms with Gasteiger partial charge < -0.3 is 15.0 Å². The minimum absolute atomic E-state index is 0.0830. The van der Waals surface area contributed by atoms with Crippen LogP contribution in [-0.4, -0.2) is 49.2 Å². The molecule has 0 spiro atoms. The normalized spacial score (nSPS) is 24.9. The molecule has 0 bridgehead atoms. The van der Waals surface area contributed by atoms with E-state index < -0.39 is 0 Å². The molecule has 0 saturated carbocycles. The van der Waals surface area contributed by atoms with E-state index in [4.69, 9.17) is 4.74 Å². The second-order valence-electron chi connectivity index (χ2n) is 5.48. The van der Waals surface area contributed by atoms with Crippen LogP contribution in [-0.2, 0) is 9.53 Å². The molecule has 0 aromatic heterocycles. The van der Waals surface area contributed by atoms with Gasteiger partial charge in [0, 0.05) is 31.8 Å². The van der Waals surface area contributed by atoms with Gasteiger partial charge in [0.15, 0.2) is 0 Å². The van der Waals surface area contributed by atoms with Crippen LogP contribution in [0.2, 0.25) is 0 Å². The van der Waals surface area contributed by atoms with Crippen molar-refractivity contribution in [2.75, 3.05) is 26.8 Å². The van der Waals surface area contributed by atoms with E-state index in [1.165, 1.54) is 0 Å². The predicted molar refractivity (Wildman–Crippen MR) is 64.3 cm³/mol. The first-order valence-electron chi connectivity index (χ1n) is 5.91. The van der Waals surface area contributed by atoms with Gasteiger partial charge in [0.1, 0.15) is 6.61 Å². The van der Waals surface area contributed by atoms with Crippen molar-refractivity contribution in [3.63, 3.8) is 0 Å². The van der Waals surface area contributed by atoms with Crippen molar-refractivity contribution < 1.29 is 9.53 Å². The molecular weight excluding hydrogens is 204 g/mol. The van der Waals surface area contributed by atoms with Crippen LogP contribution in [0.4, 0.5) is 0 Å². The standard InChI is InChI=1S/C12H24N2O2/c1-9(2)10-6-14(11(15)7-16-5)12(3,4)8-13-10/h9-10,13H,6-8H2,1-5H3. The summed E-state index contributed by atoms with van der Waals surface area (Å²) in [6, 6.07) is 0.383. The molecule has 94 valence electrons. The summed E-state index contributed by atoms with van der Waals surface area (Å²) in [7, 11) is 1.56. The molecule has 0 aromatic rings. The van der Waals surface area contributed by atoms with Crippen molar-refractivity contribution in [2.24, 2.45) is 5.92 Å². The molecule has 1 rings (SSSR count). The summed E-state index contributed by atoms with van der Waals surface area (Å²) in [4.78, 5) is 13.9. The van der Waals surface area contributed by atoms with Crippen LogP contribution < -0.4 is 5.32 Å². The average molecular weight is 228 g/mol. The van der Waals surface area contributed by atoms with Gasteiger partial charge in [0.05, 0.1) is 0 Å². The van der Waals surface area contributed by atoms with Crippen molar-refractivity contribution in [3.8, 4) is 0 Å². The van der Waals surface area contributed by atoms with E-state index in [1.54, 1.807) is 7.11 Å². The van der Waals surface area contributed by atoms with Gasteiger partial charge in [0.2, 0.25) is 5.91 Å². The van der Waals surface area contributed by atoms with Crippen LogP contribution in [0.15, 0.2) is 0 Å². The molecule has 0 aromatic carbocycles. The minimum Gasteiger partial charge on any atom is -0.375 e. The summed E-state index contributed by atoms with van der Waals surface area (Å²) in [5.41, 5.74) is -0.124. The highest BCUT2D eigenvalue weighted by atomic mass is 16.5. The smallest absolute Gasteiger partial charge is 0.249 e. The summed E-state index contributed by atoms with van der Waals surface area (Å²) in [5.74, 6) is 0.619. The zero-order valence-electron chi connectivity index (χ0n) is 11.0. The molecule has 16 heavy (non-hydrogen) atoms. The SMILES string of the molecule is COCC(=O)N1CC(C(C)C)NCC1(C)C. The van der Waals surface area contributed by atoms with Crippen molar-refractivity contribution in [2.45, 2.75) is 39.3 Å². The average Bonchev–Trinajstić information content (AvgIpc) is 2.16. The highest BCUT2D eigenvalue weighted by molar-refractivity contribution is 5.78. The summed E-state index contributed by atoms with van der Waals surface area (Å²) < 4.78 is 4.93. The van der Waals surface area contributed by atoms with Crippen LogP contribution in [0.5, 0.6) is 0 Å². The van der Waals surface area contributed by atoms with E-state index in [-0.39, 0.29) is 18.1 Å². The molecule has 1 heterocycles. The molecule has 4 heteroatoms. The van der Waals surface area contributed by atoms with Gasteiger partial charge in [-0.1, -0.05) is 13.8 Å². The molecular formula is C12H24N2O2. The largest absolute Gasteiger partial charge is 0.375 e. The van der Waals surface area contributed by atoms with Gasteiger partial charge >= 0.3 is 0 Å². The lowest BCUT2D eigenvalue weighted by atomic mass is 9.93. The molecule has 1 atom stereocenters. The van der Waals surface area contributed by atoms with Crippen molar-refractivity contribution in [1.29, 1.82) is 0 Å². The highest BCUT2D eigenvalue weighted by Gasteiger charge is 2.37. The fourth-order valence-electron chi connectivity index (χ4n) is 2.07. The molecule has 1 N–H and O–H groups in total. The van der Waals surface area contributed by atoms with E-state index in [9.17, 15) is 4.79 Å². The fourth-order valence-corrected chi connectivity index (χ4v) is 2.07. The number of nitrogens with zero attached hydrogens (tertiary/aromatic N) is 1. The second-order valence-corrected chi connectivity index (χ2v) is 5.48. The second kappa shape index (κ2) is 5.15. The fraction of sp³-hybridized carbons (Fsp3) is 0.917. The van der Waals surface area contributed by atoms with E-state index in [0.717, 1.165) is 13.1 Å². The Morgan fingerprint density at radius 1 is 1.56 bits per heavy atom. The molecule has 0 aliphatic carbocycles. The maximum atomic E-state index is 12.0. The summed E-state index contributed by atoms with van der Waals surface area (Å²) >= 11 is 0. The van der Waals surface area contributed by atoms with Gasteiger partial charge in [-0.2, -0.15) is 0 Å². The number of ether oxygens (including phenoxy) is 1. The van der Waals surface area contributed by atoms with Crippen molar-refractivity contribution in [1.82, 2.24) is 10.2 Å². The third-order valence-electron chi connectivity index (χ3n) is 3.28. The lowest BCUT2D eigenvalue weighted by Crippen LogP contribution is -2.65. The van der Waals surface area contributed by atoms with E-state index in [2.05, 4.69) is 33.0 Å². The Morgan fingerprint density at radius 2 is 2.19 bits per heavy atom. The zero-order chi connectivity index (χ0) is 12.3. The van der Waals surface area contributed by atoms with Gasteiger partial charge in [-0.05, 0) is 19.8 Å². The number of piperazine rings is 1.